The van der Waals surface area contributed by atoms with Gasteiger partial charge in [0.05, 0.1) is 12.1 Å². The van der Waals surface area contributed by atoms with Crippen LogP contribution in [-0.2, 0) is 35.1 Å². The van der Waals surface area contributed by atoms with Gasteiger partial charge in [0.15, 0.2) is 23.1 Å². The predicted octanol–water partition coefficient (Wildman–Crippen LogP) is 10.4. The molecule has 14 nitrogen and oxygen atoms in total. The Kier molecular flexibility index (Phi) is 18.1. The van der Waals surface area contributed by atoms with Crippen molar-refractivity contribution in [3.05, 3.63) is 60.4 Å². The van der Waals surface area contributed by atoms with E-state index in [0.717, 1.165) is 72.0 Å². The molecule has 1 N–H and O–H groups in total. The number of nitrogens with zero attached hydrogens (tertiary/aromatic N) is 5. The highest BCUT2D eigenvalue weighted by Crippen LogP contribution is 2.36. The van der Waals surface area contributed by atoms with Crippen molar-refractivity contribution in [2.75, 3.05) is 44.3 Å². The highest BCUT2D eigenvalue weighted by Gasteiger charge is 2.39. The summed E-state index contributed by atoms with van der Waals surface area (Å²) in [5.41, 5.74) is 2.37. The number of fused-ring (bicyclic) bond motifs is 4. The highest BCUT2D eigenvalue weighted by molar-refractivity contribution is 6.05. The van der Waals surface area contributed by atoms with E-state index in [1.807, 2.05) is 108 Å². The Morgan fingerprint density at radius 3 is 2.19 bits per heavy atom. The molecule has 2 saturated heterocycles. The van der Waals surface area contributed by atoms with E-state index in [2.05, 4.69) is 24.3 Å². The van der Waals surface area contributed by atoms with Crippen LogP contribution in [0.4, 0.5) is 19.4 Å². The molecule has 0 saturated carbocycles. The molecule has 63 heavy (non-hydrogen) atoms. The summed E-state index contributed by atoms with van der Waals surface area (Å²) in [4.78, 5) is 46.2. The van der Waals surface area contributed by atoms with Gasteiger partial charge in [-0.2, -0.15) is 8.78 Å². The molecular formula is C47H65F2N5O9. The van der Waals surface area contributed by atoms with E-state index in [1.54, 1.807) is 11.0 Å². The number of carbonyl (C=O) groups is 3. The Bertz CT molecular complexity index is 2230. The van der Waals surface area contributed by atoms with E-state index in [1.165, 1.54) is 6.92 Å². The van der Waals surface area contributed by atoms with Gasteiger partial charge in [0, 0.05) is 62.1 Å². The number of esters is 1. The molecule has 2 aromatic carbocycles. The van der Waals surface area contributed by atoms with Gasteiger partial charge >= 0.3 is 18.0 Å². The second-order valence-corrected chi connectivity index (χ2v) is 17.0. The number of hydrogen-bond acceptors (Lipinski definition) is 12. The monoisotopic (exact) mass is 881 g/mol. The second kappa shape index (κ2) is 22.7. The van der Waals surface area contributed by atoms with Crippen LogP contribution in [0.3, 0.4) is 0 Å². The van der Waals surface area contributed by atoms with Crippen LogP contribution in [0, 0.1) is 0 Å². The number of carbonyl (C=O) groups excluding carboxylic acids is 3. The van der Waals surface area contributed by atoms with Gasteiger partial charge in [-0.05, 0) is 98.8 Å². The van der Waals surface area contributed by atoms with E-state index >= 15 is 0 Å². The van der Waals surface area contributed by atoms with Gasteiger partial charge in [-0.15, -0.1) is 0 Å². The minimum atomic E-state index is -3.51. The number of piperidine rings is 1. The Hall–Kier alpha value is -5.51. The Labute approximate surface area is 368 Å². The largest absolute Gasteiger partial charge is 0.494 e. The zero-order valence-corrected chi connectivity index (χ0v) is 38.2. The van der Waals surface area contributed by atoms with Crippen LogP contribution in [0.15, 0.2) is 59.0 Å². The topological polar surface area (TPSA) is 159 Å². The van der Waals surface area contributed by atoms with Gasteiger partial charge in [0.2, 0.25) is 0 Å². The third-order valence-electron chi connectivity index (χ3n) is 9.85. The van der Waals surface area contributed by atoms with E-state index in [-0.39, 0.29) is 44.0 Å². The summed E-state index contributed by atoms with van der Waals surface area (Å²) in [6.07, 6.45) is 2.94. The molecule has 2 aliphatic heterocycles. The molecule has 5 aromatic rings. The first kappa shape index (κ1) is 50.1. The zero-order chi connectivity index (χ0) is 46.4. The van der Waals surface area contributed by atoms with Crippen LogP contribution in [-0.4, -0.2) is 99.6 Å². The number of amides is 1. The average Bonchev–Trinajstić information content (AvgIpc) is 3.98. The number of furan rings is 1. The Morgan fingerprint density at radius 2 is 1.57 bits per heavy atom. The van der Waals surface area contributed by atoms with Crippen molar-refractivity contribution >= 4 is 57.3 Å². The van der Waals surface area contributed by atoms with Gasteiger partial charge in [0.1, 0.15) is 28.9 Å². The number of benzene rings is 2. The quantitative estimate of drug-likeness (QED) is 0.0580. The molecule has 0 atom stereocenters. The number of anilines is 1. The van der Waals surface area contributed by atoms with Crippen LogP contribution in [0.25, 0.3) is 33.0 Å². The lowest BCUT2D eigenvalue weighted by atomic mass is 10.0. The summed E-state index contributed by atoms with van der Waals surface area (Å²) in [5, 5.41) is 12.2. The molecule has 0 spiro atoms. The average molecular weight is 882 g/mol. The van der Waals surface area contributed by atoms with Crippen LogP contribution >= 0.6 is 0 Å². The first-order valence-corrected chi connectivity index (χ1v) is 21.8. The molecule has 0 aliphatic carbocycles. The minimum Gasteiger partial charge on any atom is -0.494 e. The van der Waals surface area contributed by atoms with Gasteiger partial charge in [-0.25, -0.2) is 19.6 Å². The summed E-state index contributed by atoms with van der Waals surface area (Å²) in [6, 6.07) is 17.7. The van der Waals surface area contributed by atoms with Gasteiger partial charge in [-0.3, -0.25) is 4.79 Å². The lowest BCUT2D eigenvalue weighted by molar-refractivity contribution is -0.172. The van der Waals surface area contributed by atoms with Crippen LogP contribution in [0.1, 0.15) is 113 Å². The molecule has 0 bridgehead atoms. The summed E-state index contributed by atoms with van der Waals surface area (Å²) >= 11 is 0. The van der Waals surface area contributed by atoms with E-state index in [9.17, 15) is 28.3 Å². The summed E-state index contributed by atoms with van der Waals surface area (Å²) < 4.78 is 55.3. The predicted molar refractivity (Wildman–Crippen MR) is 239 cm³/mol. The minimum absolute atomic E-state index is 0.0156. The maximum Gasteiger partial charge on any atom is 0.410 e. The molecular weight excluding hydrogens is 817 g/mol. The van der Waals surface area contributed by atoms with Gasteiger partial charge in [-0.1, -0.05) is 44.2 Å². The number of para-hydroxylation sites is 2. The molecule has 346 valence electrons. The number of likely N-dealkylation sites (tertiary alicyclic amines) is 1. The van der Waals surface area contributed by atoms with E-state index < -0.39 is 23.9 Å². The number of halogens is 2. The van der Waals surface area contributed by atoms with Crippen molar-refractivity contribution in [2.45, 2.75) is 131 Å². The molecule has 5 heterocycles. The van der Waals surface area contributed by atoms with Gasteiger partial charge in [0.25, 0.3) is 6.47 Å². The summed E-state index contributed by atoms with van der Waals surface area (Å²) in [5.74, 6) is -3.50. The van der Waals surface area contributed by atoms with Crippen molar-refractivity contribution < 1.29 is 51.6 Å². The number of rotatable bonds is 11. The van der Waals surface area contributed by atoms with Crippen molar-refractivity contribution in [3.63, 3.8) is 0 Å². The van der Waals surface area contributed by atoms with Crippen molar-refractivity contribution in [3.8, 4) is 5.88 Å². The van der Waals surface area contributed by atoms with Crippen molar-refractivity contribution in [2.24, 2.45) is 0 Å². The zero-order valence-electron chi connectivity index (χ0n) is 38.2. The fourth-order valence-electron chi connectivity index (χ4n) is 7.05. The first-order valence-electron chi connectivity index (χ1n) is 21.8. The highest BCUT2D eigenvalue weighted by atomic mass is 19.3. The molecule has 2 fully saturated rings. The number of ether oxygens (including phenoxy) is 4. The maximum atomic E-state index is 13.7. The number of aromatic hydroxyl groups is 1. The molecule has 0 radical (unpaired) electrons. The standard InChI is InChI=1S/C22H25F2N3O4.C18H24N2O3.C5H10O2.C2H6/c1-2-30-21(28)22(23,24)10-7-13-29-14-17-25-18-15-8-3-4-9-16(15)31-19(18)20(26-17)27-11-5-6-12-27;1-18(2,3)23-17(22)19-10-8-14(9-11-19)20-15-7-5-4-6-13(15)12-16(20)21;1-5(2,3)7-4-6;1-2/h3-4,8-9H,2,5-7,10-14H2,1H3;4-7,12,14,21H,8-11H2,1-3H3;4H,1-3H3;1-2H3. The summed E-state index contributed by atoms with van der Waals surface area (Å²) in [7, 11) is 0. The van der Waals surface area contributed by atoms with Crippen LogP contribution in [0.2, 0.25) is 0 Å². The van der Waals surface area contributed by atoms with Crippen LogP contribution in [0.5, 0.6) is 5.88 Å². The smallest absolute Gasteiger partial charge is 0.410 e. The molecule has 2 aliphatic rings. The number of alkyl halides is 2. The Balaban J connectivity index is 0.000000239. The fraction of sp³-hybridized carbons (Fsp3) is 0.553. The SMILES string of the molecule is CC.CC(C)(C)OC(=O)N1CCC(n2c(O)cc3ccccc32)CC1.CC(C)(C)OC=O.CCOC(=O)C(F)(F)CCCOCc1nc(N2CCCC2)c2oc3ccccc3c2n1. The van der Waals surface area contributed by atoms with E-state index in [4.69, 9.17) is 13.9 Å². The van der Waals surface area contributed by atoms with Crippen molar-refractivity contribution in [1.29, 1.82) is 0 Å². The molecule has 7 rings (SSSR count). The molecule has 0 unspecified atom stereocenters. The maximum absolute atomic E-state index is 13.7. The van der Waals surface area contributed by atoms with Crippen molar-refractivity contribution in [1.82, 2.24) is 19.4 Å². The fourth-order valence-corrected chi connectivity index (χ4v) is 7.05. The first-order chi connectivity index (χ1) is 29.9. The number of aromatic nitrogens is 3. The second-order valence-electron chi connectivity index (χ2n) is 17.0. The third kappa shape index (κ3) is 14.3. The van der Waals surface area contributed by atoms with E-state index in [0.29, 0.717) is 36.8 Å². The van der Waals surface area contributed by atoms with Crippen LogP contribution < -0.4 is 4.90 Å². The number of hydrogen-bond donors (Lipinski definition) is 1. The molecule has 1 amide bonds. The summed E-state index contributed by atoms with van der Waals surface area (Å²) in [6.45, 7) is 20.2. The molecule has 16 heteroatoms. The lowest BCUT2D eigenvalue weighted by Gasteiger charge is -2.34. The lowest BCUT2D eigenvalue weighted by Crippen LogP contribution is -2.42. The van der Waals surface area contributed by atoms with Gasteiger partial charge < -0.3 is 42.8 Å². The third-order valence-corrected chi connectivity index (χ3v) is 9.85. The molecule has 3 aromatic heterocycles. The normalized spacial score (nSPS) is 14.6. The Morgan fingerprint density at radius 1 is 0.921 bits per heavy atom.